The maximum Gasteiger partial charge on any atom is 0.419 e. The third kappa shape index (κ3) is 3.71. The second-order valence-corrected chi connectivity index (χ2v) is 8.14. The Morgan fingerprint density at radius 2 is 2.00 bits per heavy atom. The molecule has 2 N–H and O–H groups in total. The van der Waals surface area contributed by atoms with Gasteiger partial charge in [0, 0.05) is 23.5 Å². The molecule has 1 atom stereocenters. The van der Waals surface area contributed by atoms with Crippen molar-refractivity contribution in [3.8, 4) is 11.3 Å². The third-order valence-electron chi connectivity index (χ3n) is 5.45. The number of aryl methyl sites for hydroxylation is 1. The SMILES string of the molecule is Cc1cc(-c2cn3cc(C(=O)N[C@@H](C)C4CC4)c(C(F)(F)F)c3c(=O)[nH]2)ccc1Cl. The molecule has 2 aromatic heterocycles. The van der Waals surface area contributed by atoms with Gasteiger partial charge in [0.25, 0.3) is 11.5 Å². The molecule has 0 bridgehead atoms. The minimum absolute atomic E-state index is 0.229. The molecule has 4 rings (SSSR count). The molecule has 1 saturated carbocycles. The highest BCUT2D eigenvalue weighted by atomic mass is 35.5. The highest BCUT2D eigenvalue weighted by molar-refractivity contribution is 6.31. The predicted octanol–water partition coefficient (Wildman–Crippen LogP) is 4.80. The third-order valence-corrected chi connectivity index (χ3v) is 5.87. The summed E-state index contributed by atoms with van der Waals surface area (Å²) in [6, 6.07) is 4.79. The summed E-state index contributed by atoms with van der Waals surface area (Å²) in [6.45, 7) is 3.55. The van der Waals surface area contributed by atoms with Crippen molar-refractivity contribution in [3.05, 3.63) is 62.7 Å². The summed E-state index contributed by atoms with van der Waals surface area (Å²) >= 11 is 6.03. The lowest BCUT2D eigenvalue weighted by molar-refractivity contribution is -0.136. The molecular weight excluding hydrogens is 419 g/mol. The summed E-state index contributed by atoms with van der Waals surface area (Å²) in [7, 11) is 0. The van der Waals surface area contributed by atoms with E-state index in [2.05, 4.69) is 10.3 Å². The Morgan fingerprint density at radius 1 is 1.30 bits per heavy atom. The standard InChI is InChI=1S/C21H19ClF3N3O2/c1-10-7-13(5-6-15(10)22)16-9-28-8-14(19(29)26-11(2)12-3-4-12)17(21(23,24)25)18(28)20(30)27-16/h5-9,11-12H,3-4H2,1-2H3,(H,26,29)(H,27,30)/t11-/m0/s1. The van der Waals surface area contributed by atoms with Crippen LogP contribution in [0.2, 0.25) is 5.02 Å². The van der Waals surface area contributed by atoms with Crippen LogP contribution in [0.15, 0.2) is 35.4 Å². The minimum Gasteiger partial charge on any atom is -0.349 e. The molecule has 0 aliphatic heterocycles. The van der Waals surface area contributed by atoms with Gasteiger partial charge < -0.3 is 14.7 Å². The van der Waals surface area contributed by atoms with Crippen molar-refractivity contribution in [2.75, 3.05) is 0 Å². The molecule has 5 nitrogen and oxygen atoms in total. The fourth-order valence-electron chi connectivity index (χ4n) is 3.63. The molecule has 3 aromatic rings. The number of carbonyl (C=O) groups is 1. The van der Waals surface area contributed by atoms with E-state index in [0.717, 1.165) is 29.0 Å². The summed E-state index contributed by atoms with van der Waals surface area (Å²) in [6.07, 6.45) is -0.552. The first-order valence-corrected chi connectivity index (χ1v) is 9.86. The van der Waals surface area contributed by atoms with Gasteiger partial charge >= 0.3 is 6.18 Å². The summed E-state index contributed by atoms with van der Waals surface area (Å²) < 4.78 is 42.5. The van der Waals surface area contributed by atoms with E-state index in [1.807, 2.05) is 0 Å². The number of aromatic amines is 1. The first-order valence-electron chi connectivity index (χ1n) is 9.49. The summed E-state index contributed by atoms with van der Waals surface area (Å²) in [5.74, 6) is -0.558. The largest absolute Gasteiger partial charge is 0.419 e. The average molecular weight is 438 g/mol. The predicted molar refractivity (Wildman–Crippen MR) is 108 cm³/mol. The number of halogens is 4. The van der Waals surface area contributed by atoms with Crippen LogP contribution >= 0.6 is 11.6 Å². The van der Waals surface area contributed by atoms with Crippen molar-refractivity contribution >= 4 is 23.0 Å². The number of fused-ring (bicyclic) bond motifs is 1. The molecule has 0 radical (unpaired) electrons. The Labute approximate surface area is 174 Å². The molecule has 2 heterocycles. The number of aromatic nitrogens is 2. The van der Waals surface area contributed by atoms with Crippen LogP contribution < -0.4 is 10.9 Å². The zero-order valence-electron chi connectivity index (χ0n) is 16.2. The number of benzene rings is 1. The molecule has 30 heavy (non-hydrogen) atoms. The van der Waals surface area contributed by atoms with Crippen LogP contribution in [-0.2, 0) is 6.18 Å². The van der Waals surface area contributed by atoms with Crippen LogP contribution in [-0.4, -0.2) is 21.3 Å². The van der Waals surface area contributed by atoms with Gasteiger partial charge in [-0.15, -0.1) is 0 Å². The van der Waals surface area contributed by atoms with Gasteiger partial charge in [-0.2, -0.15) is 13.2 Å². The van der Waals surface area contributed by atoms with Crippen molar-refractivity contribution in [1.29, 1.82) is 0 Å². The van der Waals surface area contributed by atoms with E-state index in [1.54, 1.807) is 32.0 Å². The van der Waals surface area contributed by atoms with Crippen molar-refractivity contribution in [3.63, 3.8) is 0 Å². The van der Waals surface area contributed by atoms with Gasteiger partial charge in [0.05, 0.1) is 16.8 Å². The lowest BCUT2D eigenvalue weighted by Gasteiger charge is -2.14. The van der Waals surface area contributed by atoms with Crippen LogP contribution in [0, 0.1) is 12.8 Å². The molecule has 158 valence electrons. The van der Waals surface area contributed by atoms with Crippen molar-refractivity contribution < 1.29 is 18.0 Å². The fraction of sp³-hybridized carbons (Fsp3) is 0.333. The maximum absolute atomic E-state index is 13.8. The number of rotatable bonds is 4. The Hall–Kier alpha value is -2.74. The Balaban J connectivity index is 1.86. The summed E-state index contributed by atoms with van der Waals surface area (Å²) in [4.78, 5) is 27.8. The zero-order chi connectivity index (χ0) is 21.8. The molecule has 1 aromatic carbocycles. The normalized spacial score (nSPS) is 15.4. The monoisotopic (exact) mass is 437 g/mol. The van der Waals surface area contributed by atoms with Gasteiger partial charge in [0.1, 0.15) is 5.52 Å². The number of nitrogens with zero attached hydrogens (tertiary/aromatic N) is 1. The molecule has 1 aliphatic carbocycles. The number of carbonyl (C=O) groups excluding carboxylic acids is 1. The number of hydrogen-bond donors (Lipinski definition) is 2. The van der Waals surface area contributed by atoms with Gasteiger partial charge in [-0.3, -0.25) is 9.59 Å². The van der Waals surface area contributed by atoms with E-state index in [-0.39, 0.29) is 12.0 Å². The van der Waals surface area contributed by atoms with Crippen LogP contribution in [0.25, 0.3) is 16.8 Å². The second-order valence-electron chi connectivity index (χ2n) is 7.73. The lowest BCUT2D eigenvalue weighted by atomic mass is 10.1. The van der Waals surface area contributed by atoms with Crippen molar-refractivity contribution in [2.45, 2.75) is 38.9 Å². The first kappa shape index (κ1) is 20.5. The molecular formula is C21H19ClF3N3O2. The van der Waals surface area contributed by atoms with Gasteiger partial charge in [0.2, 0.25) is 0 Å². The quantitative estimate of drug-likeness (QED) is 0.615. The van der Waals surface area contributed by atoms with Gasteiger partial charge in [0.15, 0.2) is 0 Å². The summed E-state index contributed by atoms with van der Waals surface area (Å²) in [5.41, 5.74) is -1.68. The first-order chi connectivity index (χ1) is 14.1. The molecule has 1 fully saturated rings. The highest BCUT2D eigenvalue weighted by Gasteiger charge is 2.41. The van der Waals surface area contributed by atoms with E-state index in [9.17, 15) is 22.8 Å². The number of nitrogens with one attached hydrogen (secondary N) is 2. The summed E-state index contributed by atoms with van der Waals surface area (Å²) in [5, 5.41) is 3.17. The highest BCUT2D eigenvalue weighted by Crippen LogP contribution is 2.37. The number of alkyl halides is 3. The minimum atomic E-state index is -4.87. The smallest absolute Gasteiger partial charge is 0.349 e. The van der Waals surface area contributed by atoms with E-state index < -0.39 is 34.3 Å². The van der Waals surface area contributed by atoms with E-state index in [4.69, 9.17) is 11.6 Å². The van der Waals surface area contributed by atoms with E-state index in [1.165, 1.54) is 6.20 Å². The molecule has 1 amide bonds. The number of hydrogen-bond acceptors (Lipinski definition) is 2. The second kappa shape index (κ2) is 7.19. The molecule has 0 saturated heterocycles. The van der Waals surface area contributed by atoms with Crippen molar-refractivity contribution in [2.24, 2.45) is 5.92 Å². The molecule has 0 spiro atoms. The van der Waals surface area contributed by atoms with Crippen molar-refractivity contribution in [1.82, 2.24) is 14.7 Å². The molecule has 9 heteroatoms. The average Bonchev–Trinajstić information content (AvgIpc) is 3.42. The van der Waals surface area contributed by atoms with Gasteiger partial charge in [-0.25, -0.2) is 0 Å². The Morgan fingerprint density at radius 3 is 2.60 bits per heavy atom. The lowest BCUT2D eigenvalue weighted by Crippen LogP contribution is -2.34. The van der Waals surface area contributed by atoms with Crippen LogP contribution in [0.1, 0.15) is 41.3 Å². The molecule has 1 aliphatic rings. The Bertz CT molecular complexity index is 1210. The van der Waals surface area contributed by atoms with Gasteiger partial charge in [-0.05, 0) is 55.9 Å². The van der Waals surface area contributed by atoms with E-state index >= 15 is 0 Å². The maximum atomic E-state index is 13.8. The van der Waals surface area contributed by atoms with Gasteiger partial charge in [-0.1, -0.05) is 17.7 Å². The van der Waals surface area contributed by atoms with E-state index in [0.29, 0.717) is 16.3 Å². The number of H-pyrrole nitrogens is 1. The number of amides is 1. The van der Waals surface area contributed by atoms with Crippen LogP contribution in [0.4, 0.5) is 13.2 Å². The molecule has 0 unspecified atom stereocenters. The Kier molecular flexibility index (Phi) is 4.92. The zero-order valence-corrected chi connectivity index (χ0v) is 17.0. The van der Waals surface area contributed by atoms with Crippen LogP contribution in [0.5, 0.6) is 0 Å². The van der Waals surface area contributed by atoms with Crippen LogP contribution in [0.3, 0.4) is 0 Å². The topological polar surface area (TPSA) is 66.4 Å². The fourth-order valence-corrected chi connectivity index (χ4v) is 3.74.